The van der Waals surface area contributed by atoms with E-state index in [9.17, 15) is 14.0 Å². The number of carbonyl (C=O) groups excluding carboxylic acids is 2. The van der Waals surface area contributed by atoms with Gasteiger partial charge in [-0.1, -0.05) is 35.8 Å². The highest BCUT2D eigenvalue weighted by atomic mass is 79.9. The van der Waals surface area contributed by atoms with Crippen LogP contribution in [0, 0.1) is 5.82 Å². The predicted molar refractivity (Wildman–Crippen MR) is 76.5 cm³/mol. The molecule has 3 amide bonds. The van der Waals surface area contributed by atoms with Crippen molar-refractivity contribution in [1.29, 1.82) is 0 Å². The molecule has 1 aromatic carbocycles. The fourth-order valence-corrected chi connectivity index (χ4v) is 2.85. The van der Waals surface area contributed by atoms with Crippen LogP contribution in [0.5, 0.6) is 0 Å². The first-order valence-electron chi connectivity index (χ1n) is 6.51. The van der Waals surface area contributed by atoms with Gasteiger partial charge < -0.3 is 5.32 Å². The Labute approximate surface area is 125 Å². The van der Waals surface area contributed by atoms with Crippen LogP contribution < -0.4 is 5.32 Å². The van der Waals surface area contributed by atoms with Crippen molar-refractivity contribution in [1.82, 2.24) is 10.2 Å². The van der Waals surface area contributed by atoms with Crippen LogP contribution in [0.1, 0.15) is 32.3 Å². The molecule has 1 fully saturated rings. The van der Waals surface area contributed by atoms with Gasteiger partial charge in [-0.15, -0.1) is 0 Å². The Morgan fingerprint density at radius 1 is 1.30 bits per heavy atom. The molecular weight excluding hydrogens is 327 g/mol. The van der Waals surface area contributed by atoms with Crippen molar-refractivity contribution in [2.75, 3.05) is 0 Å². The fourth-order valence-electron chi connectivity index (χ4n) is 2.37. The minimum Gasteiger partial charge on any atom is -0.323 e. The molecule has 1 saturated heterocycles. The van der Waals surface area contributed by atoms with Crippen LogP contribution in [0.3, 0.4) is 0 Å². The summed E-state index contributed by atoms with van der Waals surface area (Å²) in [4.78, 5) is 25.6. The summed E-state index contributed by atoms with van der Waals surface area (Å²) in [6.45, 7) is 3.88. The zero-order valence-electron chi connectivity index (χ0n) is 11.4. The van der Waals surface area contributed by atoms with Crippen LogP contribution >= 0.6 is 15.9 Å². The SMILES string of the molecule is CCC1(CC)NC(=O)N(Cc2ccc(F)cc2Br)C1=O. The van der Waals surface area contributed by atoms with Crippen molar-refractivity contribution in [3.63, 3.8) is 0 Å². The number of carbonyl (C=O) groups is 2. The summed E-state index contributed by atoms with van der Waals surface area (Å²) in [7, 11) is 0. The van der Waals surface area contributed by atoms with E-state index >= 15 is 0 Å². The lowest BCUT2D eigenvalue weighted by atomic mass is 9.93. The first-order valence-corrected chi connectivity index (χ1v) is 7.31. The lowest BCUT2D eigenvalue weighted by Gasteiger charge is -2.23. The highest BCUT2D eigenvalue weighted by Crippen LogP contribution is 2.28. The summed E-state index contributed by atoms with van der Waals surface area (Å²) in [6, 6.07) is 3.80. The molecule has 1 aliphatic heterocycles. The largest absolute Gasteiger partial charge is 0.325 e. The van der Waals surface area contributed by atoms with Crippen LogP contribution in [-0.2, 0) is 11.3 Å². The van der Waals surface area contributed by atoms with Gasteiger partial charge in [-0.25, -0.2) is 9.18 Å². The van der Waals surface area contributed by atoms with Crippen LogP contribution in [0.4, 0.5) is 9.18 Å². The van der Waals surface area contributed by atoms with Gasteiger partial charge in [-0.2, -0.15) is 0 Å². The molecule has 0 aromatic heterocycles. The molecule has 1 aromatic rings. The summed E-state index contributed by atoms with van der Waals surface area (Å²) >= 11 is 3.25. The van der Waals surface area contributed by atoms with Gasteiger partial charge >= 0.3 is 6.03 Å². The Morgan fingerprint density at radius 2 is 1.95 bits per heavy atom. The van der Waals surface area contributed by atoms with Crippen molar-refractivity contribution in [2.24, 2.45) is 0 Å². The number of nitrogens with zero attached hydrogens (tertiary/aromatic N) is 1. The van der Waals surface area contributed by atoms with Crippen LogP contribution in [0.25, 0.3) is 0 Å². The van der Waals surface area contributed by atoms with Gasteiger partial charge in [0.2, 0.25) is 0 Å². The monoisotopic (exact) mass is 342 g/mol. The molecule has 1 N–H and O–H groups in total. The third-order valence-electron chi connectivity index (χ3n) is 3.80. The lowest BCUT2D eigenvalue weighted by molar-refractivity contribution is -0.132. The average molecular weight is 343 g/mol. The third-order valence-corrected chi connectivity index (χ3v) is 4.53. The lowest BCUT2D eigenvalue weighted by Crippen LogP contribution is -2.45. The molecule has 0 aliphatic carbocycles. The van der Waals surface area contributed by atoms with Gasteiger partial charge in [0.05, 0.1) is 6.54 Å². The normalized spacial score (nSPS) is 17.5. The van der Waals surface area contributed by atoms with Crippen molar-refractivity contribution >= 4 is 27.9 Å². The zero-order valence-corrected chi connectivity index (χ0v) is 13.0. The maximum Gasteiger partial charge on any atom is 0.325 e. The van der Waals surface area contributed by atoms with Crippen LogP contribution in [0.15, 0.2) is 22.7 Å². The van der Waals surface area contributed by atoms with E-state index < -0.39 is 11.6 Å². The maximum absolute atomic E-state index is 13.1. The zero-order chi connectivity index (χ0) is 14.9. The molecule has 108 valence electrons. The molecular formula is C14H16BrFN2O2. The highest BCUT2D eigenvalue weighted by molar-refractivity contribution is 9.10. The smallest absolute Gasteiger partial charge is 0.323 e. The van der Waals surface area contributed by atoms with E-state index in [2.05, 4.69) is 21.2 Å². The Balaban J connectivity index is 2.26. The van der Waals surface area contributed by atoms with Crippen LogP contribution in [-0.4, -0.2) is 22.4 Å². The van der Waals surface area contributed by atoms with E-state index in [1.807, 2.05) is 13.8 Å². The molecule has 6 heteroatoms. The maximum atomic E-state index is 13.1. The van der Waals surface area contributed by atoms with Gasteiger partial charge in [0.15, 0.2) is 0 Å². The molecule has 4 nitrogen and oxygen atoms in total. The number of nitrogens with one attached hydrogen (secondary N) is 1. The fraction of sp³-hybridized carbons (Fsp3) is 0.429. The average Bonchev–Trinajstić information content (AvgIpc) is 2.66. The number of benzene rings is 1. The minimum absolute atomic E-state index is 0.132. The van der Waals surface area contributed by atoms with Crippen LogP contribution in [0.2, 0.25) is 0 Å². The standard InChI is InChI=1S/C14H16BrFN2O2/c1-3-14(4-2)12(19)18(13(20)17-14)8-9-5-6-10(16)7-11(9)15/h5-7H,3-4,8H2,1-2H3,(H,17,20). The number of imide groups is 1. The predicted octanol–water partition coefficient (Wildman–Crippen LogP) is 3.20. The number of halogens is 2. The molecule has 0 radical (unpaired) electrons. The number of hydrogen-bond acceptors (Lipinski definition) is 2. The first kappa shape index (κ1) is 15.0. The molecule has 0 atom stereocenters. The van der Waals surface area contributed by atoms with Crippen molar-refractivity contribution in [3.8, 4) is 0 Å². The van der Waals surface area contributed by atoms with Crippen molar-refractivity contribution in [2.45, 2.75) is 38.8 Å². The summed E-state index contributed by atoms with van der Waals surface area (Å²) in [5.74, 6) is -0.585. The first-order chi connectivity index (χ1) is 9.43. The van der Waals surface area contributed by atoms with Gasteiger partial charge in [0.25, 0.3) is 5.91 Å². The minimum atomic E-state index is -0.802. The van der Waals surface area contributed by atoms with E-state index in [1.165, 1.54) is 17.0 Å². The van der Waals surface area contributed by atoms with E-state index in [1.54, 1.807) is 6.07 Å². The Bertz CT molecular complexity index is 558. The molecule has 2 rings (SSSR count). The Morgan fingerprint density at radius 3 is 2.45 bits per heavy atom. The van der Waals surface area contributed by atoms with Crippen molar-refractivity contribution < 1.29 is 14.0 Å². The summed E-state index contributed by atoms with van der Waals surface area (Å²) in [5.41, 5.74) is -0.109. The summed E-state index contributed by atoms with van der Waals surface area (Å²) < 4.78 is 13.6. The Kier molecular flexibility index (Phi) is 4.13. The molecule has 1 aliphatic rings. The topological polar surface area (TPSA) is 49.4 Å². The number of amides is 3. The third kappa shape index (κ3) is 2.44. The summed E-state index contributed by atoms with van der Waals surface area (Å²) in [6.07, 6.45) is 1.10. The second-order valence-electron chi connectivity index (χ2n) is 4.85. The quantitative estimate of drug-likeness (QED) is 0.854. The molecule has 0 saturated carbocycles. The molecule has 0 unspecified atom stereocenters. The van der Waals surface area contributed by atoms with Gasteiger partial charge in [-0.05, 0) is 30.5 Å². The molecule has 1 heterocycles. The molecule has 0 spiro atoms. The van der Waals surface area contributed by atoms with E-state index in [0.717, 1.165) is 0 Å². The van der Waals surface area contributed by atoms with E-state index in [0.29, 0.717) is 22.9 Å². The number of rotatable bonds is 4. The van der Waals surface area contributed by atoms with Gasteiger partial charge in [0.1, 0.15) is 11.4 Å². The van der Waals surface area contributed by atoms with E-state index in [4.69, 9.17) is 0 Å². The van der Waals surface area contributed by atoms with E-state index in [-0.39, 0.29) is 18.3 Å². The second-order valence-corrected chi connectivity index (χ2v) is 5.70. The second kappa shape index (κ2) is 5.52. The Hall–Kier alpha value is -1.43. The van der Waals surface area contributed by atoms with Crippen molar-refractivity contribution in [3.05, 3.63) is 34.1 Å². The summed E-state index contributed by atoms with van der Waals surface area (Å²) in [5, 5.41) is 2.77. The number of hydrogen-bond donors (Lipinski definition) is 1. The van der Waals surface area contributed by atoms with Gasteiger partial charge in [-0.3, -0.25) is 9.69 Å². The van der Waals surface area contributed by atoms with Gasteiger partial charge in [0, 0.05) is 4.47 Å². The number of urea groups is 1. The highest BCUT2D eigenvalue weighted by Gasteiger charge is 2.48. The molecule has 20 heavy (non-hydrogen) atoms. The molecule has 0 bridgehead atoms.